The molecule has 1 amide bonds. The first-order valence-corrected chi connectivity index (χ1v) is 8.33. The Bertz CT molecular complexity index is 553. The van der Waals surface area contributed by atoms with Gasteiger partial charge in [0.2, 0.25) is 5.91 Å². The predicted octanol–water partition coefficient (Wildman–Crippen LogP) is 3.63. The van der Waals surface area contributed by atoms with E-state index in [1.165, 1.54) is 0 Å². The zero-order valence-corrected chi connectivity index (χ0v) is 15.7. The minimum atomic E-state index is -0.449. The summed E-state index contributed by atoms with van der Waals surface area (Å²) in [7, 11) is 1.61. The number of halogens is 2. The molecule has 1 aromatic carbocycles. The topological polar surface area (TPSA) is 73.6 Å². The third kappa shape index (κ3) is 5.52. The average Bonchev–Trinajstić information content (AvgIpc) is 2.49. The fraction of sp³-hybridized carbons (Fsp3) is 0.588. The third-order valence-electron chi connectivity index (χ3n) is 4.32. The van der Waals surface area contributed by atoms with Gasteiger partial charge in [-0.1, -0.05) is 24.4 Å². The van der Waals surface area contributed by atoms with Crippen LogP contribution in [0.25, 0.3) is 0 Å². The number of carbonyl (C=O) groups excluding carboxylic acids is 1. The summed E-state index contributed by atoms with van der Waals surface area (Å²) in [5.74, 6) is 0.356. The number of hydrogen-bond acceptors (Lipinski definition) is 4. The van der Waals surface area contributed by atoms with Crippen LogP contribution >= 0.6 is 24.0 Å². The van der Waals surface area contributed by atoms with Crippen LogP contribution in [-0.4, -0.2) is 31.8 Å². The lowest BCUT2D eigenvalue weighted by atomic mass is 9.74. The van der Waals surface area contributed by atoms with E-state index in [0.29, 0.717) is 29.7 Å². The number of anilines is 1. The van der Waals surface area contributed by atoms with Crippen molar-refractivity contribution >= 4 is 35.6 Å². The van der Waals surface area contributed by atoms with E-state index in [0.717, 1.165) is 25.7 Å². The van der Waals surface area contributed by atoms with Crippen LogP contribution in [0.15, 0.2) is 18.2 Å². The molecule has 5 nitrogen and oxygen atoms in total. The zero-order valence-electron chi connectivity index (χ0n) is 14.1. The lowest BCUT2D eigenvalue weighted by molar-refractivity contribution is -0.122. The Hall–Kier alpha value is -1.01. The molecular formula is C17H26Cl2N2O3. The molecule has 1 aromatic rings. The van der Waals surface area contributed by atoms with Crippen LogP contribution < -0.4 is 15.8 Å². The van der Waals surface area contributed by atoms with E-state index in [4.69, 9.17) is 26.8 Å². The van der Waals surface area contributed by atoms with E-state index in [9.17, 15) is 4.79 Å². The maximum Gasteiger partial charge on any atom is 0.229 e. The summed E-state index contributed by atoms with van der Waals surface area (Å²) in [5.41, 5.74) is 6.48. The minimum absolute atomic E-state index is 0. The van der Waals surface area contributed by atoms with Crippen LogP contribution in [0.1, 0.15) is 32.6 Å². The summed E-state index contributed by atoms with van der Waals surface area (Å²) in [5, 5.41) is 3.38. The molecule has 7 heteroatoms. The highest BCUT2D eigenvalue weighted by Gasteiger charge is 2.37. The van der Waals surface area contributed by atoms with E-state index in [-0.39, 0.29) is 24.2 Å². The van der Waals surface area contributed by atoms with Crippen molar-refractivity contribution in [3.05, 3.63) is 23.2 Å². The number of hydrogen-bond donors (Lipinski definition) is 2. The van der Waals surface area contributed by atoms with Gasteiger partial charge < -0.3 is 20.5 Å². The maximum absolute atomic E-state index is 12.5. The number of benzene rings is 1. The van der Waals surface area contributed by atoms with E-state index < -0.39 is 5.54 Å². The van der Waals surface area contributed by atoms with E-state index in [2.05, 4.69) is 5.32 Å². The van der Waals surface area contributed by atoms with Gasteiger partial charge in [-0.15, -0.1) is 12.4 Å². The van der Waals surface area contributed by atoms with Crippen molar-refractivity contribution in [3.8, 4) is 5.75 Å². The van der Waals surface area contributed by atoms with Gasteiger partial charge in [0.25, 0.3) is 0 Å². The van der Waals surface area contributed by atoms with Crippen molar-refractivity contribution in [2.24, 2.45) is 11.7 Å². The molecule has 0 heterocycles. The monoisotopic (exact) mass is 376 g/mol. The quantitative estimate of drug-likeness (QED) is 0.743. The van der Waals surface area contributed by atoms with Crippen molar-refractivity contribution in [1.82, 2.24) is 0 Å². The molecule has 2 rings (SSSR count). The van der Waals surface area contributed by atoms with Gasteiger partial charge >= 0.3 is 0 Å². The lowest BCUT2D eigenvalue weighted by Crippen LogP contribution is -2.51. The summed E-state index contributed by atoms with van der Waals surface area (Å²) < 4.78 is 10.4. The molecule has 2 unspecified atom stereocenters. The summed E-state index contributed by atoms with van der Waals surface area (Å²) in [6, 6.07) is 5.22. The number of rotatable bonds is 6. The molecule has 1 aliphatic rings. The fourth-order valence-corrected chi connectivity index (χ4v) is 3.18. The van der Waals surface area contributed by atoms with Crippen molar-refractivity contribution < 1.29 is 14.3 Å². The molecule has 136 valence electrons. The van der Waals surface area contributed by atoms with Gasteiger partial charge in [-0.25, -0.2) is 0 Å². The molecule has 0 aliphatic heterocycles. The molecule has 3 N–H and O–H groups in total. The second-order valence-corrected chi connectivity index (χ2v) is 6.69. The average molecular weight is 377 g/mol. The number of carbonyl (C=O) groups is 1. The standard InChI is InChI=1S/C17H25ClN2O3.ClH/c1-17(19)8-4-3-5-13(17)16(21)20-12-6-7-15(14(18)11-12)23-10-9-22-2;/h6-7,11,13H,3-5,8-10,19H2,1-2H3,(H,20,21);1H. The predicted molar refractivity (Wildman–Crippen MR) is 99.3 cm³/mol. The van der Waals surface area contributed by atoms with E-state index >= 15 is 0 Å². The van der Waals surface area contributed by atoms with Gasteiger partial charge in [0, 0.05) is 18.3 Å². The van der Waals surface area contributed by atoms with E-state index in [1.54, 1.807) is 25.3 Å². The van der Waals surface area contributed by atoms with Gasteiger partial charge in [0.1, 0.15) is 12.4 Å². The lowest BCUT2D eigenvalue weighted by Gasteiger charge is -2.37. The summed E-state index contributed by atoms with van der Waals surface area (Å²) in [6.07, 6.45) is 3.82. The van der Waals surface area contributed by atoms with Gasteiger partial charge in [0.05, 0.1) is 17.5 Å². The number of nitrogens with one attached hydrogen (secondary N) is 1. The van der Waals surface area contributed by atoms with Gasteiger partial charge in [-0.3, -0.25) is 4.79 Å². The highest BCUT2D eigenvalue weighted by atomic mass is 35.5. The van der Waals surface area contributed by atoms with E-state index in [1.807, 2.05) is 6.92 Å². The van der Waals surface area contributed by atoms with Crippen LogP contribution in [0.3, 0.4) is 0 Å². The summed E-state index contributed by atoms with van der Waals surface area (Å²) in [4.78, 5) is 12.5. The smallest absolute Gasteiger partial charge is 0.229 e. The normalized spacial score (nSPS) is 23.2. The third-order valence-corrected chi connectivity index (χ3v) is 4.61. The molecule has 0 bridgehead atoms. The number of nitrogens with two attached hydrogens (primary N) is 1. The Morgan fingerprint density at radius 3 is 2.79 bits per heavy atom. The second-order valence-electron chi connectivity index (χ2n) is 6.28. The first kappa shape index (κ1) is 21.0. The van der Waals surface area contributed by atoms with Crippen molar-refractivity contribution in [2.75, 3.05) is 25.6 Å². The first-order valence-electron chi connectivity index (χ1n) is 7.95. The summed E-state index contributed by atoms with van der Waals surface area (Å²) in [6.45, 7) is 2.87. The zero-order chi connectivity index (χ0) is 16.9. The molecule has 0 spiro atoms. The Balaban J connectivity index is 0.00000288. The molecule has 24 heavy (non-hydrogen) atoms. The molecule has 1 aliphatic carbocycles. The molecule has 0 radical (unpaired) electrons. The highest BCUT2D eigenvalue weighted by molar-refractivity contribution is 6.32. The highest BCUT2D eigenvalue weighted by Crippen LogP contribution is 2.33. The molecule has 1 fully saturated rings. The van der Waals surface area contributed by atoms with Gasteiger partial charge in [0.15, 0.2) is 0 Å². The number of methoxy groups -OCH3 is 1. The first-order chi connectivity index (χ1) is 10.9. The van der Waals surface area contributed by atoms with Gasteiger partial charge in [-0.05, 0) is 38.0 Å². The Kier molecular flexibility index (Phi) is 8.30. The van der Waals surface area contributed by atoms with Crippen LogP contribution in [-0.2, 0) is 9.53 Å². The SMILES string of the molecule is COCCOc1ccc(NC(=O)C2CCCCC2(C)N)cc1Cl.Cl. The number of ether oxygens (including phenoxy) is 2. The Labute approximate surface area is 154 Å². The molecule has 0 saturated heterocycles. The van der Waals surface area contributed by atoms with Crippen LogP contribution in [0.2, 0.25) is 5.02 Å². The number of amides is 1. The molecule has 0 aromatic heterocycles. The van der Waals surface area contributed by atoms with Crippen molar-refractivity contribution in [2.45, 2.75) is 38.1 Å². The molecule has 2 atom stereocenters. The van der Waals surface area contributed by atoms with Crippen LogP contribution in [0.4, 0.5) is 5.69 Å². The maximum atomic E-state index is 12.5. The minimum Gasteiger partial charge on any atom is -0.490 e. The largest absolute Gasteiger partial charge is 0.490 e. The van der Waals surface area contributed by atoms with Crippen molar-refractivity contribution in [3.63, 3.8) is 0 Å². The Morgan fingerprint density at radius 2 is 2.17 bits per heavy atom. The molecular weight excluding hydrogens is 351 g/mol. The Morgan fingerprint density at radius 1 is 1.42 bits per heavy atom. The summed E-state index contributed by atoms with van der Waals surface area (Å²) >= 11 is 6.19. The van der Waals surface area contributed by atoms with Crippen LogP contribution in [0, 0.1) is 5.92 Å². The van der Waals surface area contributed by atoms with Gasteiger partial charge in [-0.2, -0.15) is 0 Å². The fourth-order valence-electron chi connectivity index (χ4n) is 2.95. The second kappa shape index (κ2) is 9.47. The molecule has 1 saturated carbocycles. The van der Waals surface area contributed by atoms with Crippen molar-refractivity contribution in [1.29, 1.82) is 0 Å². The van der Waals surface area contributed by atoms with Crippen LogP contribution in [0.5, 0.6) is 5.75 Å².